The predicted molar refractivity (Wildman–Crippen MR) is 164 cm³/mol. The number of allylic oxidation sites excluding steroid dienone is 2. The fourth-order valence-electron chi connectivity index (χ4n) is 11.7. The SMILES string of the molecule is CC(=O)N[C@H]1CC[C@@]2(C)C(CC[C@]3(C)[C@@H]2C(=O)C=C2[C@@H]4C[C@@](C)(C(=O)N(C)OC5CC5)CC[C@]4(C)CC[C@]23C)C1(C)C. The van der Waals surface area contributed by atoms with Gasteiger partial charge < -0.3 is 5.32 Å². The summed E-state index contributed by atoms with van der Waals surface area (Å²) in [5, 5.41) is 4.79. The molecule has 1 N–H and O–H groups in total. The van der Waals surface area contributed by atoms with Crippen molar-refractivity contribution in [2.45, 2.75) is 138 Å². The molecule has 0 aliphatic heterocycles. The van der Waals surface area contributed by atoms with Crippen LogP contribution in [0.2, 0.25) is 0 Å². The Morgan fingerprint density at radius 2 is 1.57 bits per heavy atom. The number of ketones is 1. The predicted octanol–water partition coefficient (Wildman–Crippen LogP) is 7.02. The molecule has 0 aromatic carbocycles. The molecule has 1 unspecified atom stereocenters. The number of amides is 2. The fourth-order valence-corrected chi connectivity index (χ4v) is 11.7. The molecule has 2 amide bonds. The molecule has 42 heavy (non-hydrogen) atoms. The monoisotopic (exact) mass is 580 g/mol. The lowest BCUT2D eigenvalue weighted by molar-refractivity contribution is -0.200. The van der Waals surface area contributed by atoms with Crippen LogP contribution in [0, 0.1) is 50.2 Å². The van der Waals surface area contributed by atoms with E-state index in [1.54, 1.807) is 14.0 Å². The van der Waals surface area contributed by atoms with Crippen LogP contribution in [-0.2, 0) is 19.2 Å². The summed E-state index contributed by atoms with van der Waals surface area (Å²) in [4.78, 5) is 46.4. The third kappa shape index (κ3) is 4.15. The number of rotatable bonds is 4. The Hall–Kier alpha value is -1.69. The van der Waals surface area contributed by atoms with Gasteiger partial charge in [0.1, 0.15) is 0 Å². The Labute approximate surface area is 254 Å². The molecule has 0 bridgehead atoms. The number of hydrogen-bond acceptors (Lipinski definition) is 4. The minimum Gasteiger partial charge on any atom is -0.353 e. The van der Waals surface area contributed by atoms with Gasteiger partial charge in [-0.3, -0.25) is 19.2 Å². The Bertz CT molecular complexity index is 1220. The standard InChI is InChI=1S/C36H56N2O4/c1-22(39)37-28-13-14-34(6)27(31(28,2)3)12-15-36(8)29(34)26(40)20-24-25-21-33(5,30(41)38(9)42-23-10-11-23)17-16-32(25,4)18-19-35(24,36)7/h20,23,25,27-29H,10-19,21H2,1-9H3,(H,37,39)/t25-,27?,28-,29+,32+,33-,34-,35+,36+/m0/s1. The van der Waals surface area contributed by atoms with Crippen molar-refractivity contribution >= 4 is 17.6 Å². The number of carbonyl (C=O) groups is 3. The van der Waals surface area contributed by atoms with Crippen LogP contribution in [0.1, 0.15) is 126 Å². The van der Waals surface area contributed by atoms with Crippen molar-refractivity contribution in [1.82, 2.24) is 10.4 Å². The van der Waals surface area contributed by atoms with E-state index in [0.29, 0.717) is 11.7 Å². The highest BCUT2D eigenvalue weighted by Crippen LogP contribution is 2.75. The number of carbonyl (C=O) groups excluding carboxylic acids is 3. The molecule has 6 rings (SSSR count). The minimum absolute atomic E-state index is 0.0194. The second-order valence-electron chi connectivity index (χ2n) is 17.5. The summed E-state index contributed by atoms with van der Waals surface area (Å²) in [7, 11) is 1.79. The first-order valence-corrected chi connectivity index (χ1v) is 16.9. The van der Waals surface area contributed by atoms with E-state index >= 15 is 0 Å². The van der Waals surface area contributed by atoms with Crippen molar-refractivity contribution in [3.63, 3.8) is 0 Å². The highest BCUT2D eigenvalue weighted by Gasteiger charge is 2.70. The Kier molecular flexibility index (Phi) is 6.80. The summed E-state index contributed by atoms with van der Waals surface area (Å²) in [6, 6.07) is 0.146. The van der Waals surface area contributed by atoms with Gasteiger partial charge >= 0.3 is 0 Å². The van der Waals surface area contributed by atoms with Gasteiger partial charge in [0, 0.05) is 31.3 Å². The molecule has 0 saturated heterocycles. The fraction of sp³-hybridized carbons (Fsp3) is 0.861. The lowest BCUT2D eigenvalue weighted by atomic mass is 9.33. The van der Waals surface area contributed by atoms with Crippen LogP contribution in [0.15, 0.2) is 11.6 Å². The molecule has 0 radical (unpaired) electrons. The lowest BCUT2D eigenvalue weighted by Crippen LogP contribution is -2.67. The Morgan fingerprint density at radius 3 is 2.21 bits per heavy atom. The molecular weight excluding hydrogens is 524 g/mol. The van der Waals surface area contributed by atoms with Crippen LogP contribution in [0.4, 0.5) is 0 Å². The van der Waals surface area contributed by atoms with Crippen LogP contribution in [0.3, 0.4) is 0 Å². The van der Waals surface area contributed by atoms with Gasteiger partial charge in [-0.25, -0.2) is 5.06 Å². The summed E-state index contributed by atoms with van der Waals surface area (Å²) in [6.45, 7) is 18.2. The second-order valence-corrected chi connectivity index (χ2v) is 17.5. The van der Waals surface area contributed by atoms with Crippen molar-refractivity contribution < 1.29 is 19.2 Å². The van der Waals surface area contributed by atoms with Gasteiger partial charge in [-0.1, -0.05) is 54.0 Å². The average Bonchev–Trinajstić information content (AvgIpc) is 3.71. The van der Waals surface area contributed by atoms with Crippen LogP contribution >= 0.6 is 0 Å². The van der Waals surface area contributed by atoms with Crippen molar-refractivity contribution in [2.24, 2.45) is 50.2 Å². The van der Waals surface area contributed by atoms with Crippen molar-refractivity contribution in [1.29, 1.82) is 0 Å². The van der Waals surface area contributed by atoms with Gasteiger partial charge in [0.25, 0.3) is 5.91 Å². The van der Waals surface area contributed by atoms with Crippen LogP contribution in [0.25, 0.3) is 0 Å². The summed E-state index contributed by atoms with van der Waals surface area (Å²) >= 11 is 0. The van der Waals surface area contributed by atoms with Gasteiger partial charge in [-0.2, -0.15) is 0 Å². The molecular formula is C36H56N2O4. The number of nitrogens with one attached hydrogen (secondary N) is 1. The average molecular weight is 581 g/mol. The molecule has 6 aliphatic rings. The number of hydrogen-bond donors (Lipinski definition) is 1. The number of hydroxylamine groups is 2. The van der Waals surface area contributed by atoms with Gasteiger partial charge in [-0.05, 0) is 116 Å². The molecule has 6 nitrogen and oxygen atoms in total. The smallest absolute Gasteiger partial charge is 0.251 e. The maximum absolute atomic E-state index is 14.6. The molecule has 6 aliphatic carbocycles. The molecule has 9 atom stereocenters. The van der Waals surface area contributed by atoms with Crippen LogP contribution < -0.4 is 5.32 Å². The van der Waals surface area contributed by atoms with Gasteiger partial charge in [0.2, 0.25) is 5.91 Å². The van der Waals surface area contributed by atoms with Gasteiger partial charge in [-0.15, -0.1) is 0 Å². The second kappa shape index (κ2) is 9.41. The molecule has 5 fully saturated rings. The first-order chi connectivity index (χ1) is 19.4. The quantitative estimate of drug-likeness (QED) is 0.363. The topological polar surface area (TPSA) is 75.7 Å². The van der Waals surface area contributed by atoms with Crippen molar-refractivity contribution in [3.8, 4) is 0 Å². The van der Waals surface area contributed by atoms with Gasteiger partial charge in [0.05, 0.1) is 6.10 Å². The van der Waals surface area contributed by atoms with Crippen molar-refractivity contribution in [2.75, 3.05) is 7.05 Å². The summed E-state index contributed by atoms with van der Waals surface area (Å²) in [6.07, 6.45) is 13.3. The molecule has 5 saturated carbocycles. The first kappa shape index (κ1) is 30.3. The highest BCUT2D eigenvalue weighted by atomic mass is 16.7. The maximum Gasteiger partial charge on any atom is 0.251 e. The highest BCUT2D eigenvalue weighted by molar-refractivity contribution is 5.95. The Balaban J connectivity index is 1.35. The lowest BCUT2D eigenvalue weighted by Gasteiger charge is -2.70. The van der Waals surface area contributed by atoms with E-state index in [1.165, 1.54) is 10.6 Å². The molecule has 0 aromatic heterocycles. The normalized spacial score (nSPS) is 47.6. The summed E-state index contributed by atoms with van der Waals surface area (Å²) in [5.41, 5.74) is 0.609. The van der Waals surface area contributed by atoms with E-state index in [9.17, 15) is 14.4 Å². The zero-order valence-electron chi connectivity index (χ0n) is 27.8. The first-order valence-electron chi connectivity index (χ1n) is 16.9. The molecule has 0 aromatic rings. The number of nitrogens with zero attached hydrogens (tertiary/aromatic N) is 1. The van der Waals surface area contributed by atoms with E-state index in [4.69, 9.17) is 4.84 Å². The van der Waals surface area contributed by atoms with E-state index in [1.807, 2.05) is 0 Å². The molecule has 234 valence electrons. The zero-order chi connectivity index (χ0) is 30.7. The van der Waals surface area contributed by atoms with Crippen LogP contribution in [-0.4, -0.2) is 41.9 Å². The van der Waals surface area contributed by atoms with E-state index in [-0.39, 0.29) is 62.9 Å². The molecule has 0 heterocycles. The Morgan fingerprint density at radius 1 is 0.905 bits per heavy atom. The third-order valence-electron chi connectivity index (χ3n) is 14.6. The largest absolute Gasteiger partial charge is 0.353 e. The zero-order valence-corrected chi connectivity index (χ0v) is 27.8. The molecule has 6 heteroatoms. The summed E-state index contributed by atoms with van der Waals surface area (Å²) in [5.74, 6) is 1.05. The minimum atomic E-state index is -0.483. The molecule has 0 spiro atoms. The van der Waals surface area contributed by atoms with E-state index in [0.717, 1.165) is 70.6 Å². The van der Waals surface area contributed by atoms with E-state index in [2.05, 4.69) is 59.9 Å². The maximum atomic E-state index is 14.6. The van der Waals surface area contributed by atoms with Crippen molar-refractivity contribution in [3.05, 3.63) is 11.6 Å². The van der Waals surface area contributed by atoms with Gasteiger partial charge in [0.15, 0.2) is 5.78 Å². The van der Waals surface area contributed by atoms with E-state index < -0.39 is 5.41 Å². The number of fused-ring (bicyclic) bond motifs is 7. The summed E-state index contributed by atoms with van der Waals surface area (Å²) < 4.78 is 0. The third-order valence-corrected chi connectivity index (χ3v) is 14.6. The van der Waals surface area contributed by atoms with Crippen LogP contribution in [0.5, 0.6) is 0 Å².